The van der Waals surface area contributed by atoms with Crippen LogP contribution >= 0.6 is 0 Å². The van der Waals surface area contributed by atoms with Crippen molar-refractivity contribution in [1.82, 2.24) is 15.0 Å². The summed E-state index contributed by atoms with van der Waals surface area (Å²) in [4.78, 5) is 10.7. The minimum Gasteiger partial charge on any atom is -0.361 e. The first kappa shape index (κ1) is 11.0. The van der Waals surface area contributed by atoms with Crippen molar-refractivity contribution >= 4 is 10.9 Å². The van der Waals surface area contributed by atoms with E-state index in [-0.39, 0.29) is 0 Å². The number of aryl methyl sites for hydroxylation is 2. The predicted octanol–water partition coefficient (Wildman–Crippen LogP) is 2.13. The molecule has 4 nitrogen and oxygen atoms in total. The molecule has 1 aromatic carbocycles. The molecule has 3 rings (SSSR count). The maximum absolute atomic E-state index is 5.53. The third-order valence-electron chi connectivity index (χ3n) is 3.21. The molecular formula is C14H16N4. The number of fused-ring (bicyclic) bond motifs is 1. The maximum atomic E-state index is 5.53. The van der Waals surface area contributed by atoms with Crippen molar-refractivity contribution < 1.29 is 0 Å². The zero-order valence-corrected chi connectivity index (χ0v) is 10.1. The van der Waals surface area contributed by atoms with Crippen molar-refractivity contribution in [3.63, 3.8) is 0 Å². The summed E-state index contributed by atoms with van der Waals surface area (Å²) in [7, 11) is 0. The van der Waals surface area contributed by atoms with Gasteiger partial charge in [-0.05, 0) is 24.5 Å². The molecule has 0 atom stereocenters. The fourth-order valence-corrected chi connectivity index (χ4v) is 2.24. The second-order valence-electron chi connectivity index (χ2n) is 4.42. The van der Waals surface area contributed by atoms with E-state index >= 15 is 0 Å². The number of para-hydroxylation sites is 1. The second-order valence-corrected chi connectivity index (χ2v) is 4.42. The first-order valence-corrected chi connectivity index (χ1v) is 6.14. The molecule has 0 bridgehead atoms. The van der Waals surface area contributed by atoms with Gasteiger partial charge < -0.3 is 15.7 Å². The Hall–Kier alpha value is -2.07. The van der Waals surface area contributed by atoms with Gasteiger partial charge in [0.15, 0.2) is 0 Å². The molecule has 0 aliphatic carbocycles. The molecule has 0 radical (unpaired) electrons. The van der Waals surface area contributed by atoms with Gasteiger partial charge in [-0.1, -0.05) is 18.2 Å². The van der Waals surface area contributed by atoms with Crippen molar-refractivity contribution in [2.24, 2.45) is 5.73 Å². The molecular weight excluding hydrogens is 224 g/mol. The van der Waals surface area contributed by atoms with Crippen LogP contribution in [0.1, 0.15) is 17.1 Å². The van der Waals surface area contributed by atoms with Crippen LogP contribution in [0.2, 0.25) is 0 Å². The highest BCUT2D eigenvalue weighted by molar-refractivity contribution is 5.83. The van der Waals surface area contributed by atoms with Crippen LogP contribution in [-0.4, -0.2) is 15.0 Å². The van der Waals surface area contributed by atoms with E-state index in [2.05, 4.69) is 39.3 Å². The lowest BCUT2D eigenvalue weighted by molar-refractivity contribution is 0.898. The monoisotopic (exact) mass is 240 g/mol. The Morgan fingerprint density at radius 3 is 2.89 bits per heavy atom. The van der Waals surface area contributed by atoms with Crippen LogP contribution < -0.4 is 5.73 Å². The molecule has 0 unspecified atom stereocenters. The van der Waals surface area contributed by atoms with Crippen molar-refractivity contribution in [3.8, 4) is 0 Å². The molecule has 0 aliphatic rings. The number of nitrogens with two attached hydrogens (primary N) is 1. The number of benzene rings is 1. The molecule has 18 heavy (non-hydrogen) atoms. The molecule has 3 aromatic rings. The summed E-state index contributed by atoms with van der Waals surface area (Å²) in [6.45, 7) is 0.465. The smallest absolute Gasteiger partial charge is 0.120 e. The number of hydrogen-bond acceptors (Lipinski definition) is 2. The highest BCUT2D eigenvalue weighted by Crippen LogP contribution is 2.19. The van der Waals surface area contributed by atoms with Gasteiger partial charge in [0, 0.05) is 29.0 Å². The van der Waals surface area contributed by atoms with Gasteiger partial charge in [-0.3, -0.25) is 0 Å². The zero-order valence-electron chi connectivity index (χ0n) is 10.1. The number of nitrogens with zero attached hydrogens (tertiary/aromatic N) is 1. The van der Waals surface area contributed by atoms with E-state index in [1.165, 1.54) is 16.5 Å². The summed E-state index contributed by atoms with van der Waals surface area (Å²) in [6.07, 6.45) is 5.91. The Kier molecular flexibility index (Phi) is 2.86. The molecule has 0 fully saturated rings. The number of imidazole rings is 1. The largest absolute Gasteiger partial charge is 0.361 e. The predicted molar refractivity (Wildman–Crippen MR) is 72.2 cm³/mol. The van der Waals surface area contributed by atoms with Crippen LogP contribution in [0.25, 0.3) is 10.9 Å². The van der Waals surface area contributed by atoms with E-state index in [0.29, 0.717) is 6.54 Å². The van der Waals surface area contributed by atoms with Crippen LogP contribution in [0.5, 0.6) is 0 Å². The topological polar surface area (TPSA) is 70.5 Å². The second kappa shape index (κ2) is 4.66. The molecule has 2 aromatic heterocycles. The highest BCUT2D eigenvalue weighted by Gasteiger charge is 2.04. The third kappa shape index (κ3) is 2.02. The first-order chi connectivity index (χ1) is 8.86. The van der Waals surface area contributed by atoms with Gasteiger partial charge in [0.1, 0.15) is 5.82 Å². The summed E-state index contributed by atoms with van der Waals surface area (Å²) in [6, 6.07) is 8.37. The number of H-pyrrole nitrogens is 2. The van der Waals surface area contributed by atoms with Crippen molar-refractivity contribution in [2.75, 3.05) is 0 Å². The lowest BCUT2D eigenvalue weighted by Crippen LogP contribution is -1.98. The third-order valence-corrected chi connectivity index (χ3v) is 3.21. The van der Waals surface area contributed by atoms with Crippen LogP contribution in [0.4, 0.5) is 0 Å². The normalized spacial score (nSPS) is 11.2. The fraction of sp³-hybridized carbons (Fsp3) is 0.214. The lowest BCUT2D eigenvalue weighted by atomic mass is 10.1. The summed E-state index contributed by atoms with van der Waals surface area (Å²) < 4.78 is 0. The van der Waals surface area contributed by atoms with E-state index in [0.717, 1.165) is 24.4 Å². The zero-order chi connectivity index (χ0) is 12.4. The van der Waals surface area contributed by atoms with Crippen LogP contribution in [-0.2, 0) is 19.4 Å². The molecule has 2 heterocycles. The minimum atomic E-state index is 0.465. The SMILES string of the molecule is NCc1ncc(CCc2c[nH]c3ccccc23)[nH]1. The van der Waals surface area contributed by atoms with Gasteiger partial charge in [0.05, 0.1) is 6.54 Å². The Labute approximate surface area is 105 Å². The summed E-state index contributed by atoms with van der Waals surface area (Å²) in [5.74, 6) is 0.851. The highest BCUT2D eigenvalue weighted by atomic mass is 14.9. The maximum Gasteiger partial charge on any atom is 0.120 e. The van der Waals surface area contributed by atoms with Gasteiger partial charge in [-0.2, -0.15) is 0 Å². The van der Waals surface area contributed by atoms with E-state index in [9.17, 15) is 0 Å². The van der Waals surface area contributed by atoms with Crippen LogP contribution in [0.3, 0.4) is 0 Å². The van der Waals surface area contributed by atoms with E-state index in [1.807, 2.05) is 12.3 Å². The van der Waals surface area contributed by atoms with Gasteiger partial charge in [-0.15, -0.1) is 0 Å². The van der Waals surface area contributed by atoms with Gasteiger partial charge in [-0.25, -0.2) is 4.98 Å². The summed E-state index contributed by atoms with van der Waals surface area (Å²) in [5.41, 5.74) is 9.21. The minimum absolute atomic E-state index is 0.465. The van der Waals surface area contributed by atoms with Crippen LogP contribution in [0, 0.1) is 0 Å². The van der Waals surface area contributed by atoms with Crippen molar-refractivity contribution in [3.05, 3.63) is 53.7 Å². The van der Waals surface area contributed by atoms with E-state index in [1.54, 1.807) is 0 Å². The molecule has 0 aliphatic heterocycles. The van der Waals surface area contributed by atoms with Gasteiger partial charge in [0.25, 0.3) is 0 Å². The quantitative estimate of drug-likeness (QED) is 0.653. The Morgan fingerprint density at radius 2 is 2.06 bits per heavy atom. The van der Waals surface area contributed by atoms with Gasteiger partial charge in [0.2, 0.25) is 0 Å². The molecule has 0 amide bonds. The Morgan fingerprint density at radius 1 is 1.17 bits per heavy atom. The summed E-state index contributed by atoms with van der Waals surface area (Å²) in [5, 5.41) is 1.30. The molecule has 0 spiro atoms. The first-order valence-electron chi connectivity index (χ1n) is 6.14. The standard InChI is InChI=1S/C14H16N4/c15-7-14-17-9-11(18-14)6-5-10-8-16-13-4-2-1-3-12(10)13/h1-4,8-9,16H,5-7,15H2,(H,17,18). The van der Waals surface area contributed by atoms with Crippen molar-refractivity contribution in [2.45, 2.75) is 19.4 Å². The summed E-state index contributed by atoms with van der Waals surface area (Å²) >= 11 is 0. The number of rotatable bonds is 4. The molecule has 4 N–H and O–H groups in total. The molecule has 4 heteroatoms. The van der Waals surface area contributed by atoms with Crippen molar-refractivity contribution in [1.29, 1.82) is 0 Å². The molecule has 0 saturated carbocycles. The average molecular weight is 240 g/mol. The van der Waals surface area contributed by atoms with Crippen LogP contribution in [0.15, 0.2) is 36.7 Å². The number of hydrogen-bond donors (Lipinski definition) is 3. The number of aromatic amines is 2. The number of nitrogens with one attached hydrogen (secondary N) is 2. The van der Waals surface area contributed by atoms with E-state index in [4.69, 9.17) is 5.73 Å². The molecule has 0 saturated heterocycles. The molecule has 92 valence electrons. The fourth-order valence-electron chi connectivity index (χ4n) is 2.24. The number of aromatic nitrogens is 3. The Bertz CT molecular complexity index is 650. The van der Waals surface area contributed by atoms with Gasteiger partial charge >= 0.3 is 0 Å². The average Bonchev–Trinajstić information content (AvgIpc) is 3.03. The lowest BCUT2D eigenvalue weighted by Gasteiger charge is -1.98. The Balaban J connectivity index is 1.76. The van der Waals surface area contributed by atoms with E-state index < -0.39 is 0 Å².